The molecule has 20 heavy (non-hydrogen) atoms. The molecule has 0 bridgehead atoms. The van der Waals surface area contributed by atoms with Gasteiger partial charge in [0.2, 0.25) is 0 Å². The van der Waals surface area contributed by atoms with E-state index < -0.39 is 28.4 Å². The first-order valence-corrected chi connectivity index (χ1v) is 29.4. The van der Waals surface area contributed by atoms with Crippen molar-refractivity contribution in [1.82, 2.24) is 0 Å². The first-order valence-electron chi connectivity index (χ1n) is 7.33. The first-order chi connectivity index (χ1) is 8.56. The van der Waals surface area contributed by atoms with Crippen LogP contribution in [-0.4, -0.2) is 61.3 Å². The van der Waals surface area contributed by atoms with Gasteiger partial charge in [-0.25, -0.2) is 17.0 Å². The van der Waals surface area contributed by atoms with Gasteiger partial charge in [-0.1, -0.05) is 61.9 Å². The van der Waals surface area contributed by atoms with Crippen LogP contribution >= 0.6 is 48.5 Å². The molecule has 1 atom stereocenters. The molecule has 1 heterocycles. The van der Waals surface area contributed by atoms with Gasteiger partial charge in [-0.2, -0.15) is 0 Å². The van der Waals surface area contributed by atoms with Crippen LogP contribution < -0.4 is 0 Å². The van der Waals surface area contributed by atoms with Crippen LogP contribution in [-0.2, 0) is 0 Å². The van der Waals surface area contributed by atoms with Gasteiger partial charge in [0.25, 0.3) is 0 Å². The van der Waals surface area contributed by atoms with Crippen molar-refractivity contribution in [3.63, 3.8) is 0 Å². The van der Waals surface area contributed by atoms with Gasteiger partial charge in [0.1, 0.15) is 13.1 Å². The molecular weight excluding hydrogens is 464 g/mol. The predicted molar refractivity (Wildman–Crippen MR) is 129 cm³/mol. The summed E-state index contributed by atoms with van der Waals surface area (Å²) in [4.78, 5) is 0. The fourth-order valence-electron chi connectivity index (χ4n) is 3.87. The number of hydrogen-bond acceptors (Lipinski definition) is 0. The average molecular weight is 501 g/mol. The Morgan fingerprint density at radius 2 is 1.10 bits per heavy atom. The minimum Gasteiger partial charge on any atom is -0.261 e. The molecule has 1 aliphatic heterocycles. The van der Waals surface area contributed by atoms with Crippen LogP contribution in [0, 0.1) is 0 Å². The minimum absolute atomic E-state index is 0.343. The molecule has 1 aliphatic rings. The van der Waals surface area contributed by atoms with Crippen molar-refractivity contribution in [3.05, 3.63) is 0 Å². The lowest BCUT2D eigenvalue weighted by molar-refractivity contribution is 1.59. The molecule has 7 heteroatoms. The van der Waals surface area contributed by atoms with E-state index in [1.165, 1.54) is 4.43 Å². The topological polar surface area (TPSA) is 0 Å². The van der Waals surface area contributed by atoms with E-state index in [1.54, 1.807) is 5.75 Å². The number of hydrogen-bond donors (Lipinski definition) is 0. The highest BCUT2D eigenvalue weighted by molar-refractivity contribution is 14.1. The smallest absolute Gasteiger partial charge is 0.140 e. The second-order valence-electron chi connectivity index (χ2n) is 8.37. The van der Waals surface area contributed by atoms with Gasteiger partial charge in [-0.15, -0.1) is 0 Å². The molecule has 1 fully saturated rings. The summed E-state index contributed by atoms with van der Waals surface area (Å²) in [6.45, 7) is 14.7. The van der Waals surface area contributed by atoms with Crippen LogP contribution in [0.1, 0.15) is 0 Å². The van der Waals surface area contributed by atoms with Crippen molar-refractivity contribution in [2.45, 2.75) is 39.3 Å². The van der Waals surface area contributed by atoms with Gasteiger partial charge in [-0.3, -0.25) is 8.93 Å². The molecule has 126 valence electrons. The molecule has 0 aliphatic carbocycles. The van der Waals surface area contributed by atoms with Gasteiger partial charge in [0.15, 0.2) is 0 Å². The second-order valence-corrected chi connectivity index (χ2v) is 68.0. The summed E-state index contributed by atoms with van der Waals surface area (Å²) in [7, 11) is -1.12. The molecule has 1 rings (SSSR count). The minimum atomic E-state index is -1.16. The molecule has 0 N–H and O–H groups in total. The summed E-state index contributed by atoms with van der Waals surface area (Å²) in [5.41, 5.74) is 0. The highest BCUT2D eigenvalue weighted by Gasteiger charge is 2.70. The van der Waals surface area contributed by atoms with Crippen molar-refractivity contribution in [2.24, 2.45) is 0 Å². The fraction of sp³-hybridized carbons (Fsp3) is 1.00. The Labute approximate surface area is 147 Å². The first kappa shape index (κ1) is 20.5. The zero-order valence-corrected chi connectivity index (χ0v) is 23.1. The van der Waals surface area contributed by atoms with Crippen molar-refractivity contribution in [1.29, 1.82) is 0 Å². The third kappa shape index (κ3) is 2.11. The summed E-state index contributed by atoms with van der Waals surface area (Å²) in [6.07, 6.45) is 12.7. The van der Waals surface area contributed by atoms with E-state index in [0.29, 0.717) is 0 Å². The van der Waals surface area contributed by atoms with Crippen LogP contribution in [0.5, 0.6) is 0 Å². The molecule has 0 aromatic rings. The number of alkyl halides is 1. The molecule has 0 aromatic carbocycles. The maximum Gasteiger partial charge on any atom is 0.140 e. The molecular formula is C13H37IS3Si3. The van der Waals surface area contributed by atoms with Gasteiger partial charge in [0, 0.05) is 4.43 Å². The van der Waals surface area contributed by atoms with E-state index in [1.807, 2.05) is 0 Å². The Morgan fingerprint density at radius 1 is 0.700 bits per heavy atom. The standard InChI is InChI=1S/C13H37IS3Si3/c1-15(2)16(3,4)19(8,9)20(10,11)17(5,13-12-14)18(15,6)7/h12-13H2,1-11H3. The molecule has 0 spiro atoms. The second kappa shape index (κ2) is 5.47. The summed E-state index contributed by atoms with van der Waals surface area (Å²) in [5.74, 6) is 1.58. The maximum atomic E-state index is 2.84. The van der Waals surface area contributed by atoms with Gasteiger partial charge in [-0.05, 0) is 37.0 Å². The zero-order chi connectivity index (χ0) is 16.4. The van der Waals surface area contributed by atoms with E-state index in [2.05, 4.69) is 93.2 Å². The van der Waals surface area contributed by atoms with E-state index >= 15 is 0 Å². The van der Waals surface area contributed by atoms with E-state index in [-0.39, 0.29) is 17.4 Å². The Hall–Kier alpha value is 2.43. The quantitative estimate of drug-likeness (QED) is 0.186. The van der Waals surface area contributed by atoms with E-state index in [4.69, 9.17) is 0 Å². The van der Waals surface area contributed by atoms with Crippen molar-refractivity contribution in [2.75, 3.05) is 41.5 Å². The summed E-state index contributed by atoms with van der Waals surface area (Å²) in [6, 6.07) is 0. The molecule has 0 radical (unpaired) electrons. The van der Waals surface area contributed by atoms with Crippen LogP contribution in [0.4, 0.5) is 0 Å². The largest absolute Gasteiger partial charge is 0.261 e. The van der Waals surface area contributed by atoms with Crippen LogP contribution in [0.3, 0.4) is 0 Å². The lowest BCUT2D eigenvalue weighted by Crippen LogP contribution is -2.71. The third-order valence-electron chi connectivity index (χ3n) is 7.60. The van der Waals surface area contributed by atoms with Gasteiger partial charge >= 0.3 is 0 Å². The summed E-state index contributed by atoms with van der Waals surface area (Å²) >= 11 is 2.66. The Balaban J connectivity index is 3.73. The van der Waals surface area contributed by atoms with Gasteiger partial charge < -0.3 is 0 Å². The molecule has 0 saturated carbocycles. The van der Waals surface area contributed by atoms with Gasteiger partial charge in [0.05, 0.1) is 6.74 Å². The molecule has 1 unspecified atom stereocenters. The third-order valence-corrected chi connectivity index (χ3v) is 125. The number of halogens is 1. The molecule has 1 saturated heterocycles. The Morgan fingerprint density at radius 3 is 1.45 bits per heavy atom. The SMILES string of the molecule is C[Si]1(C)[Si](C)(C)S(C)(C)S(C)(C)[Si](C)(C)S1(C)CCI. The maximum absolute atomic E-state index is 2.84. The zero-order valence-electron chi connectivity index (χ0n) is 15.5. The van der Waals surface area contributed by atoms with E-state index in [0.717, 1.165) is 0 Å². The number of rotatable bonds is 2. The van der Waals surface area contributed by atoms with Crippen molar-refractivity contribution in [3.8, 4) is 0 Å². The average Bonchev–Trinajstić information content (AvgIpc) is 2.26. The Kier molecular flexibility index (Phi) is 5.60. The Bertz CT molecular complexity index is 376. The predicted octanol–water partition coefficient (Wildman–Crippen LogP) is 6.10. The normalized spacial score (nSPS) is 43.0. The lowest BCUT2D eigenvalue weighted by Gasteiger charge is -2.81. The molecule has 0 aromatic heterocycles. The van der Waals surface area contributed by atoms with Crippen molar-refractivity contribution >= 4 is 68.4 Å². The van der Waals surface area contributed by atoms with Crippen molar-refractivity contribution < 1.29 is 0 Å². The van der Waals surface area contributed by atoms with Crippen LogP contribution in [0.15, 0.2) is 0 Å². The van der Waals surface area contributed by atoms with E-state index in [9.17, 15) is 0 Å². The highest BCUT2D eigenvalue weighted by Crippen LogP contribution is 2.94. The summed E-state index contributed by atoms with van der Waals surface area (Å²) < 4.78 is 1.40. The fourth-order valence-corrected chi connectivity index (χ4v) is 177. The summed E-state index contributed by atoms with van der Waals surface area (Å²) in [5, 5.41) is 0. The van der Waals surface area contributed by atoms with Crippen LogP contribution in [0.2, 0.25) is 39.3 Å². The lowest BCUT2D eigenvalue weighted by atomic mass is 11.0. The molecule has 0 nitrogen and oxygen atoms in total. The van der Waals surface area contributed by atoms with Crippen LogP contribution in [0.25, 0.3) is 0 Å². The highest BCUT2D eigenvalue weighted by atomic mass is 127. The molecule has 0 amide bonds. The monoisotopic (exact) mass is 500 g/mol.